The zero-order valence-corrected chi connectivity index (χ0v) is 13.7. The molecular formula is C17H30O3. The van der Waals surface area contributed by atoms with Gasteiger partial charge in [0.2, 0.25) is 0 Å². The van der Waals surface area contributed by atoms with Gasteiger partial charge in [-0.2, -0.15) is 0 Å². The normalized spacial score (nSPS) is 41.9. The van der Waals surface area contributed by atoms with Gasteiger partial charge < -0.3 is 9.84 Å². The first-order valence-corrected chi connectivity index (χ1v) is 7.99. The Bertz CT molecular complexity index is 384. The molecule has 2 saturated carbocycles. The third-order valence-corrected chi connectivity index (χ3v) is 5.96. The van der Waals surface area contributed by atoms with E-state index in [0.29, 0.717) is 11.8 Å². The largest absolute Gasteiger partial charge is 0.459 e. The number of rotatable bonds is 2. The number of fused-ring (bicyclic) bond motifs is 1. The van der Waals surface area contributed by atoms with Gasteiger partial charge in [-0.1, -0.05) is 6.92 Å². The van der Waals surface area contributed by atoms with E-state index in [2.05, 4.69) is 13.8 Å². The van der Waals surface area contributed by atoms with E-state index in [1.807, 2.05) is 13.8 Å². The quantitative estimate of drug-likeness (QED) is 0.786. The fourth-order valence-electron chi connectivity index (χ4n) is 4.76. The minimum atomic E-state index is -0.643. The molecule has 4 atom stereocenters. The van der Waals surface area contributed by atoms with Crippen LogP contribution in [0.5, 0.6) is 0 Å². The summed E-state index contributed by atoms with van der Waals surface area (Å²) in [5, 5.41) is 10.4. The zero-order chi connectivity index (χ0) is 15.2. The van der Waals surface area contributed by atoms with Gasteiger partial charge in [-0.15, -0.1) is 0 Å². The van der Waals surface area contributed by atoms with E-state index in [9.17, 15) is 9.90 Å². The van der Waals surface area contributed by atoms with Crippen LogP contribution in [0, 0.1) is 17.3 Å². The average Bonchev–Trinajstić information content (AvgIpc) is 2.25. The molecule has 3 nitrogen and oxygen atoms in total. The molecule has 0 aromatic heterocycles. The Kier molecular flexibility index (Phi) is 3.96. The van der Waals surface area contributed by atoms with E-state index < -0.39 is 5.60 Å². The van der Waals surface area contributed by atoms with Gasteiger partial charge in [-0.25, -0.2) is 0 Å². The Morgan fingerprint density at radius 2 is 1.90 bits per heavy atom. The van der Waals surface area contributed by atoms with Crippen LogP contribution in [0.1, 0.15) is 73.1 Å². The van der Waals surface area contributed by atoms with Crippen LogP contribution in [-0.2, 0) is 9.53 Å². The summed E-state index contributed by atoms with van der Waals surface area (Å²) in [4.78, 5) is 11.5. The fraction of sp³-hybridized carbons (Fsp3) is 0.941. The smallest absolute Gasteiger partial charge is 0.303 e. The van der Waals surface area contributed by atoms with Gasteiger partial charge >= 0.3 is 5.97 Å². The molecule has 0 radical (unpaired) electrons. The Balaban J connectivity index is 2.26. The maximum Gasteiger partial charge on any atom is 0.303 e. The first kappa shape index (κ1) is 15.8. The highest BCUT2D eigenvalue weighted by atomic mass is 16.6. The van der Waals surface area contributed by atoms with Crippen molar-refractivity contribution in [1.29, 1.82) is 0 Å². The Hall–Kier alpha value is -0.570. The highest BCUT2D eigenvalue weighted by Gasteiger charge is 2.54. The monoisotopic (exact) mass is 282 g/mol. The second-order valence-electron chi connectivity index (χ2n) is 8.09. The SMILES string of the molecule is CC(=O)O[C@@]1(C)CCC[C@]2(C)CC[C@@H](C(C)(C)O)C[C@H]21. The highest BCUT2D eigenvalue weighted by Crippen LogP contribution is 2.57. The molecule has 1 N–H and O–H groups in total. The Labute approximate surface area is 123 Å². The summed E-state index contributed by atoms with van der Waals surface area (Å²) in [7, 11) is 0. The van der Waals surface area contributed by atoms with Gasteiger partial charge in [-0.05, 0) is 70.6 Å². The van der Waals surface area contributed by atoms with Crippen LogP contribution in [0.2, 0.25) is 0 Å². The van der Waals surface area contributed by atoms with Crippen LogP contribution in [0.3, 0.4) is 0 Å². The molecule has 0 aromatic carbocycles. The molecule has 0 bridgehead atoms. The number of carbonyl (C=O) groups excluding carboxylic acids is 1. The first-order valence-electron chi connectivity index (χ1n) is 7.99. The molecule has 0 aliphatic heterocycles. The molecule has 3 heteroatoms. The van der Waals surface area contributed by atoms with E-state index in [4.69, 9.17) is 4.74 Å². The molecule has 2 rings (SSSR count). The van der Waals surface area contributed by atoms with Gasteiger partial charge in [0.1, 0.15) is 5.60 Å². The summed E-state index contributed by atoms with van der Waals surface area (Å²) >= 11 is 0. The van der Waals surface area contributed by atoms with Crippen molar-refractivity contribution in [2.45, 2.75) is 84.3 Å². The van der Waals surface area contributed by atoms with Crippen molar-refractivity contribution in [3.63, 3.8) is 0 Å². The van der Waals surface area contributed by atoms with Crippen molar-refractivity contribution in [2.75, 3.05) is 0 Å². The van der Waals surface area contributed by atoms with Crippen LogP contribution in [0.15, 0.2) is 0 Å². The Morgan fingerprint density at radius 3 is 2.45 bits per heavy atom. The molecule has 20 heavy (non-hydrogen) atoms. The van der Waals surface area contributed by atoms with Crippen LogP contribution < -0.4 is 0 Å². The zero-order valence-electron chi connectivity index (χ0n) is 13.7. The van der Waals surface area contributed by atoms with Crippen molar-refractivity contribution in [3.05, 3.63) is 0 Å². The molecule has 0 saturated heterocycles. The van der Waals surface area contributed by atoms with Crippen LogP contribution >= 0.6 is 0 Å². The lowest BCUT2D eigenvalue weighted by Crippen LogP contribution is -2.55. The molecule has 0 amide bonds. The molecule has 0 heterocycles. The topological polar surface area (TPSA) is 46.5 Å². The third-order valence-electron chi connectivity index (χ3n) is 5.96. The molecule has 0 spiro atoms. The molecular weight excluding hydrogens is 252 g/mol. The van der Waals surface area contributed by atoms with Crippen molar-refractivity contribution in [2.24, 2.45) is 17.3 Å². The third kappa shape index (κ3) is 2.88. The number of aliphatic hydroxyl groups is 1. The van der Waals surface area contributed by atoms with Gasteiger partial charge in [0, 0.05) is 12.8 Å². The van der Waals surface area contributed by atoms with Crippen molar-refractivity contribution in [3.8, 4) is 0 Å². The van der Waals surface area contributed by atoms with Gasteiger partial charge in [0.05, 0.1) is 5.60 Å². The lowest BCUT2D eigenvalue weighted by atomic mass is 9.52. The molecule has 2 aliphatic rings. The van der Waals surface area contributed by atoms with E-state index in [0.717, 1.165) is 32.1 Å². The predicted molar refractivity (Wildman–Crippen MR) is 79.3 cm³/mol. The fourth-order valence-corrected chi connectivity index (χ4v) is 4.76. The van der Waals surface area contributed by atoms with Gasteiger partial charge in [0.25, 0.3) is 0 Å². The number of carbonyl (C=O) groups is 1. The van der Waals surface area contributed by atoms with Crippen LogP contribution in [-0.4, -0.2) is 22.3 Å². The summed E-state index contributed by atoms with van der Waals surface area (Å²) in [6.45, 7) is 9.77. The van der Waals surface area contributed by atoms with Crippen molar-refractivity contribution < 1.29 is 14.6 Å². The van der Waals surface area contributed by atoms with Crippen molar-refractivity contribution in [1.82, 2.24) is 0 Å². The molecule has 0 unspecified atom stereocenters. The molecule has 0 aromatic rings. The summed E-state index contributed by atoms with van der Waals surface area (Å²) < 4.78 is 5.75. The maximum absolute atomic E-state index is 11.5. The summed E-state index contributed by atoms with van der Waals surface area (Å²) in [6.07, 6.45) is 6.46. The molecule has 116 valence electrons. The number of hydrogen-bond donors (Lipinski definition) is 1. The first-order chi connectivity index (χ1) is 9.07. The highest BCUT2D eigenvalue weighted by molar-refractivity contribution is 5.66. The maximum atomic E-state index is 11.5. The minimum absolute atomic E-state index is 0.179. The standard InChI is InChI=1S/C17H30O3/c1-12(18)20-17(5)9-6-8-16(4)10-7-13(11-14(16)17)15(2,3)19/h13-14,19H,6-11H2,1-5H3/t13-,14-,16-,17+/m1/s1. The van der Waals surface area contributed by atoms with E-state index in [-0.39, 0.29) is 17.0 Å². The van der Waals surface area contributed by atoms with Crippen LogP contribution in [0.25, 0.3) is 0 Å². The van der Waals surface area contributed by atoms with Gasteiger partial charge in [0.15, 0.2) is 0 Å². The van der Waals surface area contributed by atoms with E-state index >= 15 is 0 Å². The second-order valence-corrected chi connectivity index (χ2v) is 8.09. The van der Waals surface area contributed by atoms with E-state index in [1.54, 1.807) is 0 Å². The Morgan fingerprint density at radius 1 is 1.25 bits per heavy atom. The lowest BCUT2D eigenvalue weighted by molar-refractivity contribution is -0.187. The van der Waals surface area contributed by atoms with Gasteiger partial charge in [-0.3, -0.25) is 4.79 Å². The molecule has 2 aliphatic carbocycles. The summed E-state index contributed by atoms with van der Waals surface area (Å²) in [5.74, 6) is 0.480. The van der Waals surface area contributed by atoms with Crippen molar-refractivity contribution >= 4 is 5.97 Å². The summed E-state index contributed by atoms with van der Waals surface area (Å²) in [5.41, 5.74) is -0.747. The number of hydrogen-bond acceptors (Lipinski definition) is 3. The number of esters is 1. The average molecular weight is 282 g/mol. The number of ether oxygens (including phenoxy) is 1. The van der Waals surface area contributed by atoms with Crippen LogP contribution in [0.4, 0.5) is 0 Å². The van der Waals surface area contributed by atoms with E-state index in [1.165, 1.54) is 13.3 Å². The molecule has 2 fully saturated rings. The predicted octanol–water partition coefficient (Wildman–Crippen LogP) is 3.69. The minimum Gasteiger partial charge on any atom is -0.459 e. The second kappa shape index (κ2) is 5.01. The lowest BCUT2D eigenvalue weighted by Gasteiger charge is -2.56. The summed E-state index contributed by atoms with van der Waals surface area (Å²) in [6, 6.07) is 0.